The van der Waals surface area contributed by atoms with E-state index in [9.17, 15) is 4.79 Å². The van der Waals surface area contributed by atoms with Gasteiger partial charge in [0.15, 0.2) is 5.78 Å². The fourth-order valence-electron chi connectivity index (χ4n) is 1.70. The maximum Gasteiger partial charge on any atom is 0.162 e. The molecular formula is C11H12ClNOS. The van der Waals surface area contributed by atoms with E-state index in [4.69, 9.17) is 11.6 Å². The van der Waals surface area contributed by atoms with Gasteiger partial charge in [0, 0.05) is 5.69 Å². The molecule has 15 heavy (non-hydrogen) atoms. The van der Waals surface area contributed by atoms with Crippen LogP contribution in [0.4, 0.5) is 0 Å². The Hall–Kier alpha value is -0.540. The molecule has 0 spiro atoms. The predicted molar refractivity (Wildman–Crippen MR) is 64.0 cm³/mol. The van der Waals surface area contributed by atoms with Crippen LogP contribution in [0.3, 0.4) is 0 Å². The van der Waals surface area contributed by atoms with Gasteiger partial charge < -0.3 is 0 Å². The molecule has 0 amide bonds. The monoisotopic (exact) mass is 241 g/mol. The summed E-state index contributed by atoms with van der Waals surface area (Å²) in [5.74, 6) is 2.19. The number of hydrogen-bond donors (Lipinski definition) is 0. The molecule has 0 unspecified atom stereocenters. The highest BCUT2D eigenvalue weighted by Gasteiger charge is 2.15. The van der Waals surface area contributed by atoms with Gasteiger partial charge in [0.1, 0.15) is 5.15 Å². The first-order chi connectivity index (χ1) is 7.18. The Morgan fingerprint density at radius 3 is 2.93 bits per heavy atom. The van der Waals surface area contributed by atoms with Crippen molar-refractivity contribution in [1.82, 2.24) is 4.98 Å². The molecule has 0 bridgehead atoms. The first-order valence-electron chi connectivity index (χ1n) is 4.95. The Kier molecular flexibility index (Phi) is 3.32. The predicted octanol–water partition coefficient (Wildman–Crippen LogP) is 2.77. The minimum absolute atomic E-state index is 0.00722. The number of aryl methyl sites for hydroxylation is 2. The number of fused-ring (bicyclic) bond motifs is 1. The Bertz CT molecular complexity index is 406. The lowest BCUT2D eigenvalue weighted by Gasteiger charge is -2.07. The third-order valence-corrected chi connectivity index (χ3v) is 3.80. The van der Waals surface area contributed by atoms with Gasteiger partial charge in [0.2, 0.25) is 0 Å². The number of rotatable bonds is 1. The smallest absolute Gasteiger partial charge is 0.162 e. The molecule has 0 aromatic carbocycles. The maximum absolute atomic E-state index is 11.3. The highest BCUT2D eigenvalue weighted by Crippen LogP contribution is 2.23. The number of pyridine rings is 1. The summed E-state index contributed by atoms with van der Waals surface area (Å²) < 4.78 is 0. The molecule has 0 N–H and O–H groups in total. The second-order valence-corrected chi connectivity index (χ2v) is 5.18. The molecule has 0 saturated heterocycles. The molecule has 1 aromatic heterocycles. The number of ketones is 1. The van der Waals surface area contributed by atoms with Crippen molar-refractivity contribution in [3.05, 3.63) is 28.0 Å². The van der Waals surface area contributed by atoms with Crippen molar-refractivity contribution in [3.8, 4) is 0 Å². The number of aromatic nitrogens is 1. The van der Waals surface area contributed by atoms with Gasteiger partial charge in [-0.05, 0) is 42.9 Å². The first kappa shape index (κ1) is 11.0. The van der Waals surface area contributed by atoms with E-state index in [2.05, 4.69) is 4.98 Å². The third-order valence-electron chi connectivity index (χ3n) is 2.52. The summed E-state index contributed by atoms with van der Waals surface area (Å²) in [5.41, 5.74) is 2.81. The zero-order chi connectivity index (χ0) is 10.8. The quantitative estimate of drug-likeness (QED) is 0.560. The van der Waals surface area contributed by atoms with Crippen molar-refractivity contribution >= 4 is 29.1 Å². The molecular weight excluding hydrogens is 230 g/mol. The van der Waals surface area contributed by atoms with Crippen LogP contribution in [0.25, 0.3) is 0 Å². The third kappa shape index (κ3) is 2.34. The van der Waals surface area contributed by atoms with Crippen molar-refractivity contribution in [2.24, 2.45) is 0 Å². The van der Waals surface area contributed by atoms with Crippen LogP contribution < -0.4 is 0 Å². The normalized spacial score (nSPS) is 15.6. The average Bonchev–Trinajstić information content (AvgIpc) is 2.40. The van der Waals surface area contributed by atoms with E-state index in [0.717, 1.165) is 30.0 Å². The summed E-state index contributed by atoms with van der Waals surface area (Å²) in [5, 5.41) is 0.355. The molecule has 0 atom stereocenters. The number of nitrogens with zero attached hydrogens (tertiary/aromatic N) is 1. The molecule has 0 saturated carbocycles. The number of hydrogen-bond acceptors (Lipinski definition) is 3. The lowest BCUT2D eigenvalue weighted by Crippen LogP contribution is -2.04. The molecule has 0 radical (unpaired) electrons. The van der Waals surface area contributed by atoms with Gasteiger partial charge in [-0.25, -0.2) is 4.98 Å². The highest BCUT2D eigenvalue weighted by molar-refractivity contribution is 7.99. The van der Waals surface area contributed by atoms with E-state index in [-0.39, 0.29) is 5.78 Å². The number of carbonyl (C=O) groups is 1. The van der Waals surface area contributed by atoms with E-state index in [1.165, 1.54) is 12.5 Å². The fraction of sp³-hybridized carbons (Fsp3) is 0.455. The van der Waals surface area contributed by atoms with Crippen LogP contribution in [0.2, 0.25) is 5.15 Å². The van der Waals surface area contributed by atoms with Crippen molar-refractivity contribution in [2.75, 3.05) is 11.5 Å². The van der Waals surface area contributed by atoms with Crippen LogP contribution in [0.5, 0.6) is 0 Å². The number of halogens is 1. The second kappa shape index (κ2) is 4.54. The Morgan fingerprint density at radius 1 is 1.47 bits per heavy atom. The molecule has 0 aliphatic carbocycles. The van der Waals surface area contributed by atoms with Crippen molar-refractivity contribution in [1.29, 1.82) is 0 Å². The number of carbonyl (C=O) groups excluding carboxylic acids is 1. The SMILES string of the molecule is CC(=O)c1cc2c(nc1Cl)CCSCC2. The van der Waals surface area contributed by atoms with Gasteiger partial charge in [0.25, 0.3) is 0 Å². The van der Waals surface area contributed by atoms with Crippen LogP contribution in [-0.2, 0) is 12.8 Å². The molecule has 1 aromatic rings. The summed E-state index contributed by atoms with van der Waals surface area (Å²) in [6.07, 6.45) is 1.95. The van der Waals surface area contributed by atoms with E-state index < -0.39 is 0 Å². The van der Waals surface area contributed by atoms with Crippen LogP contribution in [0.15, 0.2) is 6.07 Å². The minimum Gasteiger partial charge on any atom is -0.294 e. The largest absolute Gasteiger partial charge is 0.294 e. The minimum atomic E-state index is -0.00722. The average molecular weight is 242 g/mol. The van der Waals surface area contributed by atoms with Crippen molar-refractivity contribution in [3.63, 3.8) is 0 Å². The lowest BCUT2D eigenvalue weighted by molar-refractivity contribution is 0.101. The van der Waals surface area contributed by atoms with E-state index in [1.54, 1.807) is 0 Å². The van der Waals surface area contributed by atoms with Gasteiger partial charge in [-0.15, -0.1) is 0 Å². The first-order valence-corrected chi connectivity index (χ1v) is 6.48. The highest BCUT2D eigenvalue weighted by atomic mass is 35.5. The Balaban J connectivity index is 2.47. The summed E-state index contributed by atoms with van der Waals surface area (Å²) in [4.78, 5) is 15.6. The molecule has 2 nitrogen and oxygen atoms in total. The molecule has 2 rings (SSSR count). The molecule has 0 fully saturated rings. The van der Waals surface area contributed by atoms with Crippen LogP contribution in [0, 0.1) is 0 Å². The van der Waals surface area contributed by atoms with Gasteiger partial charge >= 0.3 is 0 Å². The van der Waals surface area contributed by atoms with Crippen molar-refractivity contribution in [2.45, 2.75) is 19.8 Å². The molecule has 4 heteroatoms. The summed E-state index contributed by atoms with van der Waals surface area (Å²) in [6.45, 7) is 1.53. The van der Waals surface area contributed by atoms with Gasteiger partial charge in [0.05, 0.1) is 5.56 Å². The zero-order valence-corrected chi connectivity index (χ0v) is 10.1. The Morgan fingerprint density at radius 2 is 2.20 bits per heavy atom. The van der Waals surface area contributed by atoms with Gasteiger partial charge in [-0.1, -0.05) is 11.6 Å². The zero-order valence-electron chi connectivity index (χ0n) is 8.55. The molecule has 80 valence electrons. The summed E-state index contributed by atoms with van der Waals surface area (Å²) >= 11 is 7.90. The summed E-state index contributed by atoms with van der Waals surface area (Å²) in [7, 11) is 0. The van der Waals surface area contributed by atoms with E-state index in [0.29, 0.717) is 10.7 Å². The number of thioether (sulfide) groups is 1. The lowest BCUT2D eigenvalue weighted by atomic mass is 10.1. The molecule has 2 heterocycles. The van der Waals surface area contributed by atoms with Crippen molar-refractivity contribution < 1.29 is 4.79 Å². The standard InChI is InChI=1S/C11H12ClNOS/c1-7(14)9-6-8-2-4-15-5-3-10(8)13-11(9)12/h6H,2-5H2,1H3. The van der Waals surface area contributed by atoms with E-state index in [1.807, 2.05) is 17.8 Å². The van der Waals surface area contributed by atoms with Crippen LogP contribution in [0.1, 0.15) is 28.5 Å². The Labute approximate surface area is 98.4 Å². The second-order valence-electron chi connectivity index (χ2n) is 3.60. The molecule has 1 aliphatic rings. The van der Waals surface area contributed by atoms with Gasteiger partial charge in [-0.2, -0.15) is 11.8 Å². The molecule has 1 aliphatic heterocycles. The number of Topliss-reactive ketones (excluding diaryl/α,β-unsaturated/α-hetero) is 1. The van der Waals surface area contributed by atoms with Crippen LogP contribution >= 0.6 is 23.4 Å². The maximum atomic E-state index is 11.3. The van der Waals surface area contributed by atoms with Crippen LogP contribution in [-0.4, -0.2) is 22.3 Å². The summed E-state index contributed by atoms with van der Waals surface area (Å²) in [6, 6.07) is 1.92. The topological polar surface area (TPSA) is 30.0 Å². The fourth-order valence-corrected chi connectivity index (χ4v) is 2.90. The van der Waals surface area contributed by atoms with E-state index >= 15 is 0 Å². The van der Waals surface area contributed by atoms with Gasteiger partial charge in [-0.3, -0.25) is 4.79 Å².